The molecule has 0 aromatic carbocycles. The van der Waals surface area contributed by atoms with E-state index in [1.165, 1.54) is 0 Å². The van der Waals surface area contributed by atoms with Crippen molar-refractivity contribution in [3.05, 3.63) is 0 Å². The zero-order valence-corrected chi connectivity index (χ0v) is 6.35. The minimum Gasteiger partial charge on any atom is -0.107 e. The Morgan fingerprint density at radius 1 is 0.750 bits per heavy atom. The molecule has 0 nitrogen and oxygen atoms in total. The van der Waals surface area contributed by atoms with Crippen LogP contribution in [-0.4, -0.2) is 0 Å². The van der Waals surface area contributed by atoms with Crippen LogP contribution in [0.5, 0.6) is 0 Å². The van der Waals surface area contributed by atoms with Gasteiger partial charge in [-0.05, 0) is 0 Å². The summed E-state index contributed by atoms with van der Waals surface area (Å²) in [5.74, 6) is 0. The quantitative estimate of drug-likeness (QED) is 0.354. The van der Waals surface area contributed by atoms with E-state index in [-0.39, 0.29) is 25.4 Å². The molecule has 0 aliphatic carbocycles. The van der Waals surface area contributed by atoms with Crippen molar-refractivity contribution in [3.8, 4) is 0 Å². The van der Waals surface area contributed by atoms with Gasteiger partial charge in [0, 0.05) is 0 Å². The Labute approximate surface area is 59.0 Å². The van der Waals surface area contributed by atoms with Crippen LogP contribution in [0.25, 0.3) is 0 Å². The maximum absolute atomic E-state index is 10.7. The predicted octanol–water partition coefficient (Wildman–Crippen LogP) is 4.11. The minimum absolute atomic E-state index is 0. The first kappa shape index (κ1) is 11.5. The molecule has 0 rings (SSSR count). The molecule has 0 aliphatic heterocycles. The van der Waals surface area contributed by atoms with Crippen LogP contribution in [-0.2, 0) is 0 Å². The molecule has 0 unspecified atom stereocenters. The largest absolute Gasteiger partial charge is 1.00 e. The third-order valence-corrected chi connectivity index (χ3v) is 0. The van der Waals surface area contributed by atoms with Gasteiger partial charge in [-0.15, -0.1) is 24.0 Å². The van der Waals surface area contributed by atoms with E-state index in [2.05, 4.69) is 0 Å². The molecule has 0 spiro atoms. The van der Waals surface area contributed by atoms with Crippen molar-refractivity contribution in [3.63, 3.8) is 0 Å². The fraction of sp³-hybridized carbons (Fsp3) is 0. The number of hydrogen-bond acceptors (Lipinski definition) is 0. The Hall–Kier alpha value is 0.740. The maximum atomic E-state index is 9.87. The van der Waals surface area contributed by atoms with Crippen LogP contribution in [0.3, 0.4) is 0 Å². The van der Waals surface area contributed by atoms with Crippen LogP contribution < -0.4 is 0 Å². The topological polar surface area (TPSA) is 0 Å². The fourth-order valence-corrected chi connectivity index (χ4v) is 0. The molecule has 0 amide bonds. The first-order valence-corrected chi connectivity index (χ1v) is 3.04. The van der Waals surface area contributed by atoms with Gasteiger partial charge < -0.3 is 0 Å². The van der Waals surface area contributed by atoms with E-state index in [0.717, 1.165) is 0 Å². The number of hydrogen-bond donors (Lipinski definition) is 0. The van der Waals surface area contributed by atoms with E-state index in [1.807, 2.05) is 0 Å². The van der Waals surface area contributed by atoms with E-state index in [1.54, 1.807) is 0 Å². The maximum Gasteiger partial charge on any atom is 1.00 e. The summed E-state index contributed by atoms with van der Waals surface area (Å²) in [6.45, 7) is 0. The van der Waals surface area contributed by atoms with Gasteiger partial charge in [-0.1, -0.05) is 0 Å². The normalized spacial score (nSPS) is 20.2. The van der Waals surface area contributed by atoms with Crippen molar-refractivity contribution in [1.29, 1.82) is 0 Å². The van der Waals surface area contributed by atoms with Crippen LogP contribution in [0.2, 0.25) is 0 Å². The average Bonchev–Trinajstić information content (AvgIpc) is 0.592. The monoisotopic (exact) mass is 274 g/mol. The van der Waals surface area contributed by atoms with Crippen LogP contribution in [0.4, 0.5) is 25.2 Å². The summed E-state index contributed by atoms with van der Waals surface area (Å²) < 4.78 is 59.2. The van der Waals surface area contributed by atoms with Crippen molar-refractivity contribution < 1.29 is 26.6 Å². The van der Waals surface area contributed by atoms with E-state index < -0.39 is 7.81 Å². The fourth-order valence-electron chi connectivity index (χ4n) is 0. The van der Waals surface area contributed by atoms with E-state index in [0.29, 0.717) is 0 Å². The van der Waals surface area contributed by atoms with Gasteiger partial charge in [-0.3, -0.25) is 0 Å². The van der Waals surface area contributed by atoms with Crippen molar-refractivity contribution in [2.75, 3.05) is 0 Å². The molecule has 0 aliphatic rings. The third kappa shape index (κ3) is 406. The first-order valence-electron chi connectivity index (χ1n) is 1.01. The van der Waals surface area contributed by atoms with Gasteiger partial charge in [0.1, 0.15) is 0 Å². The van der Waals surface area contributed by atoms with Gasteiger partial charge in [-0.2, -0.15) is 0 Å². The minimum atomic E-state index is -10.7. The standard InChI is InChI=1S/F6P.HI/c1-7(2,3,4,5)6;/h;1H/q-1;/p+1. The van der Waals surface area contributed by atoms with Gasteiger partial charge in [0.2, 0.25) is 0 Å². The summed E-state index contributed by atoms with van der Waals surface area (Å²) in [6, 6.07) is 0. The zero-order chi connectivity index (χ0) is 6.41. The number of rotatable bonds is 0. The molecule has 0 aromatic rings. The zero-order valence-electron chi connectivity index (χ0n) is 4.12. The van der Waals surface area contributed by atoms with Crippen LogP contribution >= 0.6 is 31.8 Å². The number of halogens is 7. The Morgan fingerprint density at radius 3 is 0.750 bits per heavy atom. The Bertz CT molecular complexity index is 71.6. The second kappa shape index (κ2) is 1.42. The Balaban J connectivity index is -0.000000180. The van der Waals surface area contributed by atoms with E-state index in [9.17, 15) is 25.2 Å². The SMILES string of the molecule is F[P-](F)(F)(F)(F)F.I.[H+]. The van der Waals surface area contributed by atoms with Crippen molar-refractivity contribution in [1.82, 2.24) is 0 Å². The molecule has 0 saturated carbocycles. The molecule has 0 heterocycles. The van der Waals surface area contributed by atoms with Gasteiger partial charge in [0.05, 0.1) is 0 Å². The van der Waals surface area contributed by atoms with Gasteiger partial charge in [0.25, 0.3) is 0 Å². The van der Waals surface area contributed by atoms with Crippen molar-refractivity contribution in [2.24, 2.45) is 0 Å². The second-order valence-electron chi connectivity index (χ2n) is 0.958. The van der Waals surface area contributed by atoms with Gasteiger partial charge in [0.15, 0.2) is 0 Å². The summed E-state index contributed by atoms with van der Waals surface area (Å²) >= 11 is 0. The molecule has 56 valence electrons. The third-order valence-electron chi connectivity index (χ3n) is 0. The summed E-state index contributed by atoms with van der Waals surface area (Å²) in [5.41, 5.74) is 0. The Kier molecular flexibility index (Phi) is 2.04. The average molecular weight is 274 g/mol. The van der Waals surface area contributed by atoms with E-state index in [4.69, 9.17) is 0 Å². The summed E-state index contributed by atoms with van der Waals surface area (Å²) in [4.78, 5) is 0. The molecule has 0 radical (unpaired) electrons. The summed E-state index contributed by atoms with van der Waals surface area (Å²) in [6.07, 6.45) is 0. The molecule has 0 atom stereocenters. The molecule has 0 bridgehead atoms. The van der Waals surface area contributed by atoms with Crippen molar-refractivity contribution in [2.45, 2.75) is 0 Å². The van der Waals surface area contributed by atoms with Crippen LogP contribution in [0.1, 0.15) is 1.43 Å². The van der Waals surface area contributed by atoms with Gasteiger partial charge in [-0.25, -0.2) is 0 Å². The molecular weight excluding hydrogens is 272 g/mol. The van der Waals surface area contributed by atoms with Crippen LogP contribution in [0, 0.1) is 0 Å². The Morgan fingerprint density at radius 2 is 0.750 bits per heavy atom. The molecule has 0 N–H and O–H groups in total. The van der Waals surface area contributed by atoms with Crippen LogP contribution in [0.15, 0.2) is 0 Å². The summed E-state index contributed by atoms with van der Waals surface area (Å²) in [7, 11) is -10.7. The predicted molar refractivity (Wildman–Crippen MR) is 30.1 cm³/mol. The molecule has 8 heteroatoms. The summed E-state index contributed by atoms with van der Waals surface area (Å²) in [5, 5.41) is 0. The smallest absolute Gasteiger partial charge is 0.107 e. The molecule has 0 fully saturated rings. The second-order valence-corrected chi connectivity index (χ2v) is 2.87. The molecule has 0 aromatic heterocycles. The van der Waals surface area contributed by atoms with Gasteiger partial charge >= 0.3 is 34.4 Å². The molecular formula is H2F6IP. The molecule has 0 saturated heterocycles. The first-order chi connectivity index (χ1) is 2.45. The van der Waals surface area contributed by atoms with E-state index >= 15 is 0 Å². The molecule has 8 heavy (non-hydrogen) atoms. The van der Waals surface area contributed by atoms with Crippen molar-refractivity contribution >= 4 is 31.8 Å².